The van der Waals surface area contributed by atoms with Crippen LogP contribution in [0, 0.1) is 6.92 Å². The van der Waals surface area contributed by atoms with Crippen LogP contribution in [-0.4, -0.2) is 27.2 Å². The summed E-state index contributed by atoms with van der Waals surface area (Å²) < 4.78 is 7.25. The zero-order valence-electron chi connectivity index (χ0n) is 12.6. The highest BCUT2D eigenvalue weighted by Crippen LogP contribution is 2.23. The van der Waals surface area contributed by atoms with E-state index in [0.29, 0.717) is 11.2 Å². The third kappa shape index (κ3) is 2.92. The average molecular weight is 376 g/mol. The van der Waals surface area contributed by atoms with Crippen LogP contribution in [0.3, 0.4) is 0 Å². The van der Waals surface area contributed by atoms with Crippen molar-refractivity contribution in [3.63, 3.8) is 0 Å². The first-order valence-corrected chi connectivity index (χ1v) is 7.85. The molecule has 3 rings (SSSR count). The van der Waals surface area contributed by atoms with E-state index in [-0.39, 0.29) is 17.9 Å². The monoisotopic (exact) mass is 375 g/mol. The number of nitrogens with zero attached hydrogens (tertiary/aromatic N) is 2. The number of aromatic nitrogens is 3. The van der Waals surface area contributed by atoms with Crippen LogP contribution in [0.15, 0.2) is 39.7 Å². The first-order valence-electron chi connectivity index (χ1n) is 7.06. The number of esters is 1. The van der Waals surface area contributed by atoms with Crippen molar-refractivity contribution in [3.05, 3.63) is 56.5 Å². The average Bonchev–Trinajstić information content (AvgIpc) is 2.95. The predicted molar refractivity (Wildman–Crippen MR) is 89.6 cm³/mol. The Kier molecular flexibility index (Phi) is 4.04. The molecule has 0 aliphatic rings. The van der Waals surface area contributed by atoms with Crippen molar-refractivity contribution >= 4 is 27.4 Å². The molecule has 23 heavy (non-hydrogen) atoms. The molecule has 0 fully saturated rings. The summed E-state index contributed by atoms with van der Waals surface area (Å²) in [6.45, 7) is 3.96. The van der Waals surface area contributed by atoms with Gasteiger partial charge in [-0.3, -0.25) is 4.79 Å². The lowest BCUT2D eigenvalue weighted by atomic mass is 10.1. The van der Waals surface area contributed by atoms with Gasteiger partial charge in [-0.1, -0.05) is 28.1 Å². The Labute approximate surface area is 140 Å². The highest BCUT2D eigenvalue weighted by Gasteiger charge is 2.14. The number of rotatable bonds is 3. The number of ether oxygens (including phenoxy) is 1. The van der Waals surface area contributed by atoms with E-state index >= 15 is 0 Å². The first-order chi connectivity index (χ1) is 11.0. The van der Waals surface area contributed by atoms with Crippen LogP contribution < -0.4 is 5.56 Å². The maximum atomic E-state index is 12.2. The van der Waals surface area contributed by atoms with Crippen LogP contribution in [0.5, 0.6) is 0 Å². The van der Waals surface area contributed by atoms with Crippen LogP contribution in [0.25, 0.3) is 16.8 Å². The van der Waals surface area contributed by atoms with Gasteiger partial charge in [-0.25, -0.2) is 9.31 Å². The number of hydrogen-bond acceptors (Lipinski definition) is 4. The number of carbonyl (C=O) groups is 1. The molecular weight excluding hydrogens is 362 g/mol. The molecule has 0 saturated carbocycles. The number of aromatic amines is 1. The molecule has 3 aromatic rings. The quantitative estimate of drug-likeness (QED) is 0.714. The minimum absolute atomic E-state index is 0.111. The smallest absolute Gasteiger partial charge is 0.358 e. The fraction of sp³-hybridized carbons (Fsp3) is 0.188. The van der Waals surface area contributed by atoms with Crippen molar-refractivity contribution in [2.24, 2.45) is 0 Å². The van der Waals surface area contributed by atoms with Gasteiger partial charge in [-0.2, -0.15) is 5.10 Å². The number of halogens is 1. The Bertz CT molecular complexity index is 959. The molecule has 0 amide bonds. The summed E-state index contributed by atoms with van der Waals surface area (Å²) in [5.41, 5.74) is 2.64. The van der Waals surface area contributed by atoms with E-state index in [1.54, 1.807) is 13.1 Å². The van der Waals surface area contributed by atoms with Crippen molar-refractivity contribution in [2.45, 2.75) is 13.8 Å². The van der Waals surface area contributed by atoms with Crippen LogP contribution in [-0.2, 0) is 4.74 Å². The van der Waals surface area contributed by atoms with E-state index < -0.39 is 5.97 Å². The minimum atomic E-state index is -0.546. The molecule has 1 aromatic carbocycles. The Morgan fingerprint density at radius 3 is 2.87 bits per heavy atom. The molecule has 0 spiro atoms. The summed E-state index contributed by atoms with van der Waals surface area (Å²) >= 11 is 3.48. The molecule has 1 N–H and O–H groups in total. The third-order valence-corrected chi connectivity index (χ3v) is 4.29. The number of aryl methyl sites for hydroxylation is 1. The lowest BCUT2D eigenvalue weighted by molar-refractivity contribution is 0.0519. The molecule has 0 radical (unpaired) electrons. The van der Waals surface area contributed by atoms with E-state index in [1.165, 1.54) is 10.6 Å². The van der Waals surface area contributed by atoms with Crippen LogP contribution in [0.2, 0.25) is 0 Å². The Morgan fingerprint density at radius 1 is 1.39 bits per heavy atom. The van der Waals surface area contributed by atoms with Gasteiger partial charge >= 0.3 is 5.97 Å². The molecule has 2 heterocycles. The fourth-order valence-corrected chi connectivity index (χ4v) is 2.59. The maximum absolute atomic E-state index is 12.2. The van der Waals surface area contributed by atoms with E-state index in [2.05, 4.69) is 26.0 Å². The molecule has 0 saturated heterocycles. The summed E-state index contributed by atoms with van der Waals surface area (Å²) in [5, 5.41) is 4.13. The topological polar surface area (TPSA) is 76.5 Å². The van der Waals surface area contributed by atoms with Gasteiger partial charge in [0.15, 0.2) is 5.69 Å². The van der Waals surface area contributed by atoms with Crippen LogP contribution in [0.1, 0.15) is 23.0 Å². The molecule has 0 aliphatic carbocycles. The molecule has 0 unspecified atom stereocenters. The van der Waals surface area contributed by atoms with Gasteiger partial charge in [-0.15, -0.1) is 0 Å². The number of benzene rings is 1. The second kappa shape index (κ2) is 6.00. The van der Waals surface area contributed by atoms with Crippen molar-refractivity contribution in [1.82, 2.24) is 14.6 Å². The number of nitrogens with one attached hydrogen (secondary N) is 1. The Balaban J connectivity index is 2.11. The lowest BCUT2D eigenvalue weighted by Crippen LogP contribution is -2.10. The fourth-order valence-electron chi connectivity index (χ4n) is 2.22. The summed E-state index contributed by atoms with van der Waals surface area (Å²) in [5.74, 6) is -0.546. The molecular formula is C16H14BrN3O3. The predicted octanol–water partition coefficient (Wildman–Crippen LogP) is 2.94. The second-order valence-corrected chi connectivity index (χ2v) is 5.90. The Hall–Kier alpha value is -2.41. The van der Waals surface area contributed by atoms with Crippen molar-refractivity contribution in [2.75, 3.05) is 6.61 Å². The largest absolute Gasteiger partial charge is 0.461 e. The van der Waals surface area contributed by atoms with E-state index in [0.717, 1.165) is 15.6 Å². The summed E-state index contributed by atoms with van der Waals surface area (Å²) in [7, 11) is 0. The molecule has 6 nitrogen and oxygen atoms in total. The third-order valence-electron chi connectivity index (χ3n) is 3.44. The lowest BCUT2D eigenvalue weighted by Gasteiger charge is -2.05. The van der Waals surface area contributed by atoms with Crippen LogP contribution >= 0.6 is 15.9 Å². The number of fused-ring (bicyclic) bond motifs is 1. The van der Waals surface area contributed by atoms with Crippen molar-refractivity contribution in [1.29, 1.82) is 0 Å². The van der Waals surface area contributed by atoms with E-state index in [1.807, 2.05) is 25.1 Å². The van der Waals surface area contributed by atoms with Crippen LogP contribution in [0.4, 0.5) is 0 Å². The number of carbonyl (C=O) groups excluding carboxylic acids is 1. The van der Waals surface area contributed by atoms with Gasteiger partial charge in [-0.05, 0) is 25.5 Å². The molecule has 2 aromatic heterocycles. The SMILES string of the molecule is CCOC(=O)c1cc2c(=O)[nH]c(-c3ccc(C)c(Br)c3)cn2n1. The number of hydrogen-bond donors (Lipinski definition) is 1. The highest BCUT2D eigenvalue weighted by atomic mass is 79.9. The first kappa shape index (κ1) is 15.5. The van der Waals surface area contributed by atoms with Gasteiger partial charge in [0.25, 0.3) is 5.56 Å². The molecule has 0 atom stereocenters. The summed E-state index contributed by atoms with van der Waals surface area (Å²) in [6.07, 6.45) is 1.68. The number of H-pyrrole nitrogens is 1. The van der Waals surface area contributed by atoms with E-state index in [4.69, 9.17) is 4.74 Å². The maximum Gasteiger partial charge on any atom is 0.358 e. The second-order valence-electron chi connectivity index (χ2n) is 5.04. The van der Waals surface area contributed by atoms with Gasteiger partial charge in [0.05, 0.1) is 18.5 Å². The van der Waals surface area contributed by atoms with Gasteiger partial charge in [0, 0.05) is 16.1 Å². The minimum Gasteiger partial charge on any atom is -0.461 e. The van der Waals surface area contributed by atoms with E-state index in [9.17, 15) is 9.59 Å². The highest BCUT2D eigenvalue weighted by molar-refractivity contribution is 9.10. The van der Waals surface area contributed by atoms with Gasteiger partial charge in [0.1, 0.15) is 5.52 Å². The summed E-state index contributed by atoms with van der Waals surface area (Å²) in [6, 6.07) is 7.20. The van der Waals surface area contributed by atoms with Gasteiger partial charge < -0.3 is 9.72 Å². The zero-order chi connectivity index (χ0) is 16.6. The zero-order valence-corrected chi connectivity index (χ0v) is 14.2. The van der Waals surface area contributed by atoms with Crippen molar-refractivity contribution < 1.29 is 9.53 Å². The molecule has 0 aliphatic heterocycles. The summed E-state index contributed by atoms with van der Waals surface area (Å²) in [4.78, 5) is 26.8. The normalized spacial score (nSPS) is 10.9. The molecule has 0 bridgehead atoms. The van der Waals surface area contributed by atoms with Crippen molar-refractivity contribution in [3.8, 4) is 11.3 Å². The van der Waals surface area contributed by atoms with Gasteiger partial charge in [0.2, 0.25) is 0 Å². The molecule has 7 heteroatoms. The molecule has 118 valence electrons. The Morgan fingerprint density at radius 2 is 2.17 bits per heavy atom. The standard InChI is InChI=1S/C16H14BrN3O3/c1-3-23-16(22)12-7-14-15(21)18-13(8-20(14)19-12)10-5-4-9(2)11(17)6-10/h4-8H,3H2,1-2H3,(H,18,21).